The number of ether oxygens (including phenoxy) is 2. The van der Waals surface area contributed by atoms with Crippen LogP contribution in [-0.4, -0.2) is 19.9 Å². The minimum atomic E-state index is 0.270. The fraction of sp³-hybridized carbons (Fsp3) is 0.500. The molecule has 0 aliphatic carbocycles. The Bertz CT molecular complexity index is 368. The Hall–Kier alpha value is -0.930. The van der Waals surface area contributed by atoms with E-state index in [2.05, 4.69) is 12.2 Å². The molecule has 1 aromatic carbocycles. The molecule has 16 heavy (non-hydrogen) atoms. The Morgan fingerprint density at radius 2 is 2.19 bits per heavy atom. The number of fused-ring (bicyclic) bond motifs is 1. The molecule has 0 unspecified atom stereocenters. The first-order valence-electron chi connectivity index (χ1n) is 5.60. The number of halogens is 1. The minimum absolute atomic E-state index is 0.270. The molecule has 1 aromatic rings. The van der Waals surface area contributed by atoms with Crippen LogP contribution in [-0.2, 0) is 6.42 Å². The lowest BCUT2D eigenvalue weighted by Gasteiger charge is -2.06. The number of benzene rings is 1. The number of rotatable bonds is 5. The van der Waals surface area contributed by atoms with Crippen molar-refractivity contribution >= 4 is 11.6 Å². The minimum Gasteiger partial charge on any atom is -0.454 e. The summed E-state index contributed by atoms with van der Waals surface area (Å²) < 4.78 is 10.6. The summed E-state index contributed by atoms with van der Waals surface area (Å²) in [5.74, 6) is 1.44. The lowest BCUT2D eigenvalue weighted by atomic mass is 10.1. The van der Waals surface area contributed by atoms with E-state index in [0.29, 0.717) is 10.8 Å². The molecule has 0 spiro atoms. The van der Waals surface area contributed by atoms with E-state index < -0.39 is 0 Å². The fourth-order valence-corrected chi connectivity index (χ4v) is 1.99. The van der Waals surface area contributed by atoms with E-state index in [1.807, 2.05) is 12.1 Å². The number of hydrogen-bond acceptors (Lipinski definition) is 3. The quantitative estimate of drug-likeness (QED) is 0.804. The lowest BCUT2D eigenvalue weighted by Crippen LogP contribution is -2.17. The van der Waals surface area contributed by atoms with Crippen LogP contribution in [0.25, 0.3) is 0 Å². The molecular weight excluding hydrogens is 226 g/mol. The van der Waals surface area contributed by atoms with Gasteiger partial charge in [-0.25, -0.2) is 0 Å². The summed E-state index contributed by atoms with van der Waals surface area (Å²) in [6.45, 7) is 4.44. The average Bonchev–Trinajstić information content (AvgIpc) is 2.73. The van der Waals surface area contributed by atoms with Crippen molar-refractivity contribution in [2.75, 3.05) is 19.9 Å². The van der Waals surface area contributed by atoms with Gasteiger partial charge >= 0.3 is 0 Å². The van der Waals surface area contributed by atoms with Crippen molar-refractivity contribution in [1.29, 1.82) is 0 Å². The van der Waals surface area contributed by atoms with Crippen LogP contribution in [0.2, 0.25) is 5.02 Å². The second-order valence-corrected chi connectivity index (χ2v) is 4.22. The van der Waals surface area contributed by atoms with E-state index in [4.69, 9.17) is 21.1 Å². The Balaban J connectivity index is 1.97. The molecule has 0 radical (unpaired) electrons. The highest BCUT2D eigenvalue weighted by Gasteiger charge is 2.17. The Morgan fingerprint density at radius 1 is 1.31 bits per heavy atom. The first kappa shape index (κ1) is 11.6. The van der Waals surface area contributed by atoms with Gasteiger partial charge in [-0.1, -0.05) is 18.5 Å². The van der Waals surface area contributed by atoms with Gasteiger partial charge in [0.2, 0.25) is 6.79 Å². The summed E-state index contributed by atoms with van der Waals surface area (Å²) in [6.07, 6.45) is 2.11. The maximum atomic E-state index is 6.09. The van der Waals surface area contributed by atoms with Gasteiger partial charge in [0, 0.05) is 0 Å². The molecule has 0 saturated heterocycles. The summed E-state index contributed by atoms with van der Waals surface area (Å²) in [6, 6.07) is 3.95. The molecule has 0 saturated carbocycles. The molecule has 0 amide bonds. The molecule has 2 rings (SSSR count). The number of nitrogens with one attached hydrogen (secondary N) is 1. The Kier molecular flexibility index (Phi) is 3.91. The van der Waals surface area contributed by atoms with Crippen LogP contribution in [0, 0.1) is 0 Å². The van der Waals surface area contributed by atoms with Crippen LogP contribution in [0.4, 0.5) is 0 Å². The molecule has 0 aromatic heterocycles. The smallest absolute Gasteiger partial charge is 0.231 e. The second-order valence-electron chi connectivity index (χ2n) is 3.81. The third-order valence-electron chi connectivity index (χ3n) is 2.50. The summed E-state index contributed by atoms with van der Waals surface area (Å²) in [7, 11) is 0. The molecular formula is C12H16ClNO2. The molecule has 1 aliphatic heterocycles. The van der Waals surface area contributed by atoms with Crippen LogP contribution in [0.15, 0.2) is 12.1 Å². The van der Waals surface area contributed by atoms with Crippen molar-refractivity contribution in [3.63, 3.8) is 0 Å². The van der Waals surface area contributed by atoms with Crippen molar-refractivity contribution < 1.29 is 9.47 Å². The fourth-order valence-electron chi connectivity index (χ4n) is 1.70. The lowest BCUT2D eigenvalue weighted by molar-refractivity contribution is 0.174. The average molecular weight is 242 g/mol. The molecule has 4 heteroatoms. The zero-order chi connectivity index (χ0) is 11.4. The third-order valence-corrected chi connectivity index (χ3v) is 2.78. The molecule has 0 fully saturated rings. The summed E-state index contributed by atoms with van der Waals surface area (Å²) in [5, 5.41) is 3.99. The molecule has 3 nitrogen and oxygen atoms in total. The van der Waals surface area contributed by atoms with Gasteiger partial charge in [-0.05, 0) is 43.6 Å². The monoisotopic (exact) mass is 241 g/mol. The topological polar surface area (TPSA) is 30.5 Å². The van der Waals surface area contributed by atoms with Crippen LogP contribution in [0.1, 0.15) is 18.9 Å². The highest BCUT2D eigenvalue weighted by molar-refractivity contribution is 6.32. The van der Waals surface area contributed by atoms with Crippen molar-refractivity contribution in [3.8, 4) is 11.5 Å². The molecule has 1 aliphatic rings. The predicted octanol–water partition coefficient (Wildman–Crippen LogP) is 2.61. The van der Waals surface area contributed by atoms with Crippen LogP contribution in [0.3, 0.4) is 0 Å². The van der Waals surface area contributed by atoms with E-state index in [1.54, 1.807) is 0 Å². The van der Waals surface area contributed by atoms with E-state index >= 15 is 0 Å². The van der Waals surface area contributed by atoms with Crippen LogP contribution < -0.4 is 14.8 Å². The predicted molar refractivity (Wildman–Crippen MR) is 64.4 cm³/mol. The van der Waals surface area contributed by atoms with E-state index in [0.717, 1.165) is 31.7 Å². The zero-order valence-corrected chi connectivity index (χ0v) is 10.1. The van der Waals surface area contributed by atoms with Gasteiger partial charge in [-0.3, -0.25) is 0 Å². The van der Waals surface area contributed by atoms with Crippen LogP contribution >= 0.6 is 11.6 Å². The van der Waals surface area contributed by atoms with Gasteiger partial charge in [0.05, 0.1) is 5.02 Å². The number of hydrogen-bond donors (Lipinski definition) is 1. The maximum absolute atomic E-state index is 6.09. The molecule has 0 atom stereocenters. The van der Waals surface area contributed by atoms with E-state index in [-0.39, 0.29) is 6.79 Å². The first-order chi connectivity index (χ1) is 7.81. The van der Waals surface area contributed by atoms with Gasteiger partial charge in [-0.2, -0.15) is 0 Å². The van der Waals surface area contributed by atoms with Gasteiger partial charge in [0.15, 0.2) is 11.5 Å². The van der Waals surface area contributed by atoms with Crippen molar-refractivity contribution in [2.45, 2.75) is 19.8 Å². The maximum Gasteiger partial charge on any atom is 0.231 e. The van der Waals surface area contributed by atoms with Gasteiger partial charge in [-0.15, -0.1) is 0 Å². The third kappa shape index (κ3) is 2.60. The van der Waals surface area contributed by atoms with Gasteiger partial charge < -0.3 is 14.8 Å². The standard InChI is InChI=1S/C12H16ClNO2/c1-2-4-14-5-3-9-6-10(13)12-11(7-9)15-8-16-12/h6-7,14H,2-5,8H2,1H3. The Labute approximate surface area is 101 Å². The second kappa shape index (κ2) is 5.41. The highest BCUT2D eigenvalue weighted by Crippen LogP contribution is 2.39. The zero-order valence-electron chi connectivity index (χ0n) is 9.38. The molecule has 1 heterocycles. The van der Waals surface area contributed by atoms with Gasteiger partial charge in [0.1, 0.15) is 0 Å². The first-order valence-corrected chi connectivity index (χ1v) is 5.98. The summed E-state index contributed by atoms with van der Waals surface area (Å²) >= 11 is 6.09. The van der Waals surface area contributed by atoms with Gasteiger partial charge in [0.25, 0.3) is 0 Å². The van der Waals surface area contributed by atoms with E-state index in [9.17, 15) is 0 Å². The summed E-state index contributed by atoms with van der Waals surface area (Å²) in [4.78, 5) is 0. The SMILES string of the molecule is CCCNCCc1cc(Cl)c2c(c1)OCO2. The van der Waals surface area contributed by atoms with Crippen LogP contribution in [0.5, 0.6) is 11.5 Å². The highest BCUT2D eigenvalue weighted by atomic mass is 35.5. The molecule has 0 bridgehead atoms. The van der Waals surface area contributed by atoms with E-state index in [1.165, 1.54) is 5.56 Å². The van der Waals surface area contributed by atoms with Crippen molar-refractivity contribution in [1.82, 2.24) is 5.32 Å². The molecule has 1 N–H and O–H groups in total. The molecule has 88 valence electrons. The largest absolute Gasteiger partial charge is 0.454 e. The summed E-state index contributed by atoms with van der Waals surface area (Å²) in [5.41, 5.74) is 1.18. The normalized spacial score (nSPS) is 13.1. The Morgan fingerprint density at radius 3 is 3.00 bits per heavy atom. The van der Waals surface area contributed by atoms with Crippen molar-refractivity contribution in [2.24, 2.45) is 0 Å². The van der Waals surface area contributed by atoms with Crippen molar-refractivity contribution in [3.05, 3.63) is 22.7 Å².